The minimum atomic E-state index is -4.75. The van der Waals surface area contributed by atoms with Gasteiger partial charge in [0, 0.05) is 17.9 Å². The van der Waals surface area contributed by atoms with Crippen LogP contribution in [0.2, 0.25) is 0 Å². The standard InChI is InChI=1S/C17H12F3N3O4S/c1-28(24,25)12-5-2-10(3-6-12)15-21-16(17(18,19)20)22-23(15)11-4-7-13-14(8-11)27-9-26-13/h2-8H,9H2,1H3. The molecule has 1 aromatic heterocycles. The molecule has 1 aliphatic heterocycles. The lowest BCUT2D eigenvalue weighted by Gasteiger charge is -2.07. The van der Waals surface area contributed by atoms with E-state index in [-0.39, 0.29) is 28.8 Å². The summed E-state index contributed by atoms with van der Waals surface area (Å²) in [6, 6.07) is 9.94. The molecule has 0 spiro atoms. The minimum absolute atomic E-state index is 0.0176. The summed E-state index contributed by atoms with van der Waals surface area (Å²) >= 11 is 0. The van der Waals surface area contributed by atoms with E-state index in [2.05, 4.69) is 10.1 Å². The van der Waals surface area contributed by atoms with E-state index in [0.29, 0.717) is 11.5 Å². The van der Waals surface area contributed by atoms with Crippen molar-refractivity contribution in [2.45, 2.75) is 11.1 Å². The number of hydrogen-bond acceptors (Lipinski definition) is 6. The number of alkyl halides is 3. The molecule has 0 N–H and O–H groups in total. The fourth-order valence-corrected chi connectivity index (χ4v) is 3.30. The number of fused-ring (bicyclic) bond motifs is 1. The highest BCUT2D eigenvalue weighted by molar-refractivity contribution is 7.90. The van der Waals surface area contributed by atoms with Crippen LogP contribution in [0.1, 0.15) is 5.82 Å². The van der Waals surface area contributed by atoms with E-state index in [4.69, 9.17) is 9.47 Å². The summed E-state index contributed by atoms with van der Waals surface area (Å²) in [6.07, 6.45) is -3.71. The first-order chi connectivity index (χ1) is 13.1. The van der Waals surface area contributed by atoms with Crippen molar-refractivity contribution in [2.75, 3.05) is 13.0 Å². The predicted octanol–water partition coefficient (Wildman–Crippen LogP) is 3.09. The summed E-state index contributed by atoms with van der Waals surface area (Å²) < 4.78 is 74.3. The molecule has 28 heavy (non-hydrogen) atoms. The summed E-state index contributed by atoms with van der Waals surface area (Å²) in [5, 5.41) is 3.59. The SMILES string of the molecule is CS(=O)(=O)c1ccc(-c2nc(C(F)(F)F)nn2-c2ccc3c(c2)OCO3)cc1. The molecule has 2 aromatic carbocycles. The molecule has 11 heteroatoms. The van der Waals surface area contributed by atoms with Crippen LogP contribution >= 0.6 is 0 Å². The van der Waals surface area contributed by atoms with Crippen molar-refractivity contribution in [3.05, 3.63) is 48.3 Å². The van der Waals surface area contributed by atoms with Crippen molar-refractivity contribution in [3.8, 4) is 28.6 Å². The summed E-state index contributed by atoms with van der Waals surface area (Å²) in [5.41, 5.74) is 0.558. The Morgan fingerprint density at radius 3 is 2.36 bits per heavy atom. The normalized spacial score (nSPS) is 13.7. The zero-order chi connectivity index (χ0) is 20.1. The number of nitrogens with zero attached hydrogens (tertiary/aromatic N) is 3. The molecule has 0 saturated carbocycles. The van der Waals surface area contributed by atoms with Gasteiger partial charge in [-0.05, 0) is 36.4 Å². The Kier molecular flexibility index (Phi) is 4.07. The number of aromatic nitrogens is 3. The average Bonchev–Trinajstić information content (AvgIpc) is 3.27. The van der Waals surface area contributed by atoms with Gasteiger partial charge in [0.15, 0.2) is 27.2 Å². The van der Waals surface area contributed by atoms with Gasteiger partial charge in [0.25, 0.3) is 5.82 Å². The van der Waals surface area contributed by atoms with Crippen molar-refractivity contribution in [1.82, 2.24) is 14.8 Å². The second-order valence-electron chi connectivity index (χ2n) is 6.00. The summed E-state index contributed by atoms with van der Waals surface area (Å²) in [6.45, 7) is 0.0176. The lowest BCUT2D eigenvalue weighted by Crippen LogP contribution is -2.08. The Hall–Kier alpha value is -3.08. The molecule has 0 amide bonds. The van der Waals surface area contributed by atoms with Crippen molar-refractivity contribution < 1.29 is 31.1 Å². The van der Waals surface area contributed by atoms with Crippen LogP contribution in [0.15, 0.2) is 47.4 Å². The van der Waals surface area contributed by atoms with Gasteiger partial charge in [-0.2, -0.15) is 13.2 Å². The molecular weight excluding hydrogens is 399 g/mol. The Morgan fingerprint density at radius 1 is 1.04 bits per heavy atom. The lowest BCUT2D eigenvalue weighted by molar-refractivity contribution is -0.144. The van der Waals surface area contributed by atoms with Gasteiger partial charge in [0.1, 0.15) is 0 Å². The summed E-state index contributed by atoms with van der Waals surface area (Å²) in [4.78, 5) is 3.66. The molecule has 0 aliphatic carbocycles. The fraction of sp³-hybridized carbons (Fsp3) is 0.176. The van der Waals surface area contributed by atoms with E-state index in [1.165, 1.54) is 36.4 Å². The average molecular weight is 411 g/mol. The van der Waals surface area contributed by atoms with Gasteiger partial charge in [0.2, 0.25) is 6.79 Å². The molecule has 0 unspecified atom stereocenters. The first-order valence-electron chi connectivity index (χ1n) is 7.88. The van der Waals surface area contributed by atoms with Gasteiger partial charge < -0.3 is 9.47 Å². The minimum Gasteiger partial charge on any atom is -0.454 e. The van der Waals surface area contributed by atoms with E-state index >= 15 is 0 Å². The van der Waals surface area contributed by atoms with E-state index < -0.39 is 21.8 Å². The molecule has 0 radical (unpaired) electrons. The van der Waals surface area contributed by atoms with Gasteiger partial charge in [-0.25, -0.2) is 18.1 Å². The highest BCUT2D eigenvalue weighted by Crippen LogP contribution is 2.36. The highest BCUT2D eigenvalue weighted by Gasteiger charge is 2.37. The second kappa shape index (κ2) is 6.23. The first kappa shape index (κ1) is 18.3. The fourth-order valence-electron chi connectivity index (χ4n) is 2.67. The van der Waals surface area contributed by atoms with Gasteiger partial charge in [-0.1, -0.05) is 0 Å². The lowest BCUT2D eigenvalue weighted by atomic mass is 10.2. The molecule has 3 aromatic rings. The maximum Gasteiger partial charge on any atom is 0.453 e. The van der Waals surface area contributed by atoms with E-state index in [0.717, 1.165) is 10.9 Å². The van der Waals surface area contributed by atoms with Crippen molar-refractivity contribution in [3.63, 3.8) is 0 Å². The third kappa shape index (κ3) is 3.28. The predicted molar refractivity (Wildman–Crippen MR) is 91.0 cm³/mol. The van der Waals surface area contributed by atoms with Crippen LogP contribution in [0.5, 0.6) is 11.5 Å². The number of hydrogen-bond donors (Lipinski definition) is 0. The largest absolute Gasteiger partial charge is 0.454 e. The van der Waals surface area contributed by atoms with Crippen LogP contribution in [0.25, 0.3) is 17.1 Å². The second-order valence-corrected chi connectivity index (χ2v) is 8.02. The van der Waals surface area contributed by atoms with Crippen LogP contribution in [0.4, 0.5) is 13.2 Å². The highest BCUT2D eigenvalue weighted by atomic mass is 32.2. The van der Waals surface area contributed by atoms with Crippen LogP contribution in [0, 0.1) is 0 Å². The summed E-state index contributed by atoms with van der Waals surface area (Å²) in [5.74, 6) is -0.558. The third-order valence-corrected chi connectivity index (χ3v) is 5.13. The molecule has 146 valence electrons. The number of ether oxygens (including phenoxy) is 2. The molecule has 0 atom stereocenters. The topological polar surface area (TPSA) is 83.3 Å². The zero-order valence-electron chi connectivity index (χ0n) is 14.3. The first-order valence-corrected chi connectivity index (χ1v) is 9.77. The van der Waals surface area contributed by atoms with Gasteiger partial charge in [0.05, 0.1) is 10.6 Å². The Bertz CT molecular complexity index is 1160. The molecule has 0 fully saturated rings. The maximum absolute atomic E-state index is 13.2. The van der Waals surface area contributed by atoms with Crippen molar-refractivity contribution in [2.24, 2.45) is 0 Å². The Labute approximate surface area is 157 Å². The van der Waals surface area contributed by atoms with Crippen molar-refractivity contribution in [1.29, 1.82) is 0 Å². The quantitative estimate of drug-likeness (QED) is 0.659. The zero-order valence-corrected chi connectivity index (χ0v) is 15.1. The van der Waals surface area contributed by atoms with Gasteiger partial charge in [-0.15, -0.1) is 5.10 Å². The van der Waals surface area contributed by atoms with Crippen LogP contribution in [0.3, 0.4) is 0 Å². The molecule has 2 heterocycles. The van der Waals surface area contributed by atoms with E-state index in [9.17, 15) is 21.6 Å². The Morgan fingerprint density at radius 2 is 1.71 bits per heavy atom. The van der Waals surface area contributed by atoms with E-state index in [1.54, 1.807) is 6.07 Å². The van der Waals surface area contributed by atoms with E-state index in [1.807, 2.05) is 0 Å². The monoisotopic (exact) mass is 411 g/mol. The number of halogens is 3. The molecular formula is C17H12F3N3O4S. The third-order valence-electron chi connectivity index (χ3n) is 4.00. The smallest absolute Gasteiger partial charge is 0.453 e. The molecule has 1 aliphatic rings. The van der Waals surface area contributed by atoms with Crippen molar-refractivity contribution >= 4 is 9.84 Å². The molecule has 0 bridgehead atoms. The van der Waals surface area contributed by atoms with Gasteiger partial charge in [-0.3, -0.25) is 0 Å². The molecule has 7 nitrogen and oxygen atoms in total. The molecule has 0 saturated heterocycles. The maximum atomic E-state index is 13.2. The number of rotatable bonds is 3. The number of sulfone groups is 1. The van der Waals surface area contributed by atoms with Crippen LogP contribution in [-0.2, 0) is 16.0 Å². The summed E-state index contributed by atoms with van der Waals surface area (Å²) in [7, 11) is -3.44. The van der Waals surface area contributed by atoms with Crippen LogP contribution in [-0.4, -0.2) is 36.2 Å². The molecule has 4 rings (SSSR count). The Balaban J connectivity index is 1.86. The van der Waals surface area contributed by atoms with Gasteiger partial charge >= 0.3 is 6.18 Å². The van der Waals surface area contributed by atoms with Crippen LogP contribution < -0.4 is 9.47 Å². The number of benzene rings is 2.